The van der Waals surface area contributed by atoms with E-state index in [1.807, 2.05) is 26.0 Å². The van der Waals surface area contributed by atoms with E-state index in [0.717, 1.165) is 0 Å². The van der Waals surface area contributed by atoms with Crippen molar-refractivity contribution in [2.24, 2.45) is 0 Å². The number of likely N-dealkylation sites (N-methyl/N-ethyl adjacent to an activating group) is 2. The van der Waals surface area contributed by atoms with E-state index in [9.17, 15) is 14.7 Å². The lowest BCUT2D eigenvalue weighted by Crippen LogP contribution is -2.45. The lowest BCUT2D eigenvalue weighted by molar-refractivity contribution is 0.100. The molecule has 0 aromatic carbocycles. The molecule has 0 fully saturated rings. The van der Waals surface area contributed by atoms with Crippen LogP contribution >= 0.6 is 0 Å². The number of hydrogen-bond donors (Lipinski definition) is 1. The second kappa shape index (κ2) is 5.34. The summed E-state index contributed by atoms with van der Waals surface area (Å²) in [5.74, 6) is -0.408. The number of fused-ring (bicyclic) bond motifs is 1. The van der Waals surface area contributed by atoms with Crippen LogP contribution in [0.3, 0.4) is 0 Å². The lowest BCUT2D eigenvalue weighted by Gasteiger charge is -2.35. The molecule has 1 aromatic rings. The van der Waals surface area contributed by atoms with Crippen molar-refractivity contribution >= 4 is 5.78 Å². The van der Waals surface area contributed by atoms with E-state index in [2.05, 4.69) is 9.88 Å². The third-order valence-corrected chi connectivity index (χ3v) is 3.55. The van der Waals surface area contributed by atoms with Crippen molar-refractivity contribution in [2.45, 2.75) is 19.5 Å². The van der Waals surface area contributed by atoms with Gasteiger partial charge in [0, 0.05) is 26.6 Å². The molecule has 1 N–H and O–H groups in total. The van der Waals surface area contributed by atoms with Gasteiger partial charge in [0.05, 0.1) is 6.04 Å². The topological polar surface area (TPSA) is 78.7 Å². The monoisotopic (exact) mass is 280 g/mol. The van der Waals surface area contributed by atoms with Gasteiger partial charge in [-0.05, 0) is 21.1 Å². The highest BCUT2D eigenvalue weighted by atomic mass is 16.3. The predicted molar refractivity (Wildman–Crippen MR) is 74.1 cm³/mol. The molecule has 1 aromatic heterocycles. The number of carbonyl (C=O) groups excluding carboxylic acids is 1. The molecule has 0 bridgehead atoms. The molecule has 7 nitrogen and oxygen atoms in total. The predicted octanol–water partition coefficient (Wildman–Crippen LogP) is -0.300. The molecule has 1 unspecified atom stereocenters. The molecule has 110 valence electrons. The Labute approximate surface area is 117 Å². The van der Waals surface area contributed by atoms with Crippen molar-refractivity contribution in [1.82, 2.24) is 19.4 Å². The summed E-state index contributed by atoms with van der Waals surface area (Å²) in [6.07, 6.45) is 0. The molecule has 7 heteroatoms. The van der Waals surface area contributed by atoms with Crippen molar-refractivity contribution in [2.75, 3.05) is 34.2 Å². The van der Waals surface area contributed by atoms with Crippen LogP contribution in [0.1, 0.15) is 29.3 Å². The molecule has 20 heavy (non-hydrogen) atoms. The zero-order valence-electron chi connectivity index (χ0n) is 12.3. The summed E-state index contributed by atoms with van der Waals surface area (Å²) in [4.78, 5) is 32.0. The second-order valence-electron chi connectivity index (χ2n) is 5.44. The van der Waals surface area contributed by atoms with Crippen LogP contribution in [0.25, 0.3) is 0 Å². The Kier molecular flexibility index (Phi) is 3.92. The van der Waals surface area contributed by atoms with Crippen molar-refractivity contribution in [1.29, 1.82) is 0 Å². The van der Waals surface area contributed by atoms with Gasteiger partial charge in [-0.1, -0.05) is 0 Å². The van der Waals surface area contributed by atoms with Gasteiger partial charge in [0.1, 0.15) is 5.82 Å². The van der Waals surface area contributed by atoms with E-state index in [-0.39, 0.29) is 11.7 Å². The van der Waals surface area contributed by atoms with Gasteiger partial charge in [-0.25, -0.2) is 4.98 Å². The Bertz CT molecular complexity index is 594. The maximum absolute atomic E-state index is 12.2. The summed E-state index contributed by atoms with van der Waals surface area (Å²) in [6, 6.07) is -0.0786. The molecule has 2 heterocycles. The highest BCUT2D eigenvalue weighted by molar-refractivity contribution is 5.94. The van der Waals surface area contributed by atoms with Crippen molar-refractivity contribution in [3.63, 3.8) is 0 Å². The number of rotatable bonds is 3. The maximum atomic E-state index is 12.2. The maximum Gasteiger partial charge on any atom is 0.296 e. The number of Topliss-reactive ketones (excluding diaryl/α,β-unsaturated/α-hetero) is 1. The van der Waals surface area contributed by atoms with Gasteiger partial charge in [-0.2, -0.15) is 0 Å². The van der Waals surface area contributed by atoms with E-state index in [1.54, 1.807) is 0 Å². The summed E-state index contributed by atoms with van der Waals surface area (Å²) in [7, 11) is 5.85. The Morgan fingerprint density at radius 2 is 2.10 bits per heavy atom. The zero-order valence-corrected chi connectivity index (χ0v) is 12.3. The van der Waals surface area contributed by atoms with Crippen LogP contribution in [0, 0.1) is 0 Å². The standard InChI is InChI=1S/C13H20N4O3/c1-8(18)10-11(19)13(20)17-6-5-16(4)9(7-15(2)3)12(17)14-10/h9,19H,5-7H2,1-4H3. The molecule has 0 radical (unpaired) electrons. The Hall–Kier alpha value is -1.73. The first-order valence-corrected chi connectivity index (χ1v) is 6.52. The molecule has 1 atom stereocenters. The minimum absolute atomic E-state index is 0.0786. The van der Waals surface area contributed by atoms with Crippen LogP contribution in [0.2, 0.25) is 0 Å². The molecule has 2 rings (SSSR count). The fourth-order valence-electron chi connectivity index (χ4n) is 2.45. The largest absolute Gasteiger partial charge is 0.501 e. The molecular formula is C13H20N4O3. The van der Waals surface area contributed by atoms with Gasteiger partial charge >= 0.3 is 0 Å². The zero-order chi connectivity index (χ0) is 15.0. The molecule has 0 saturated carbocycles. The molecule has 0 aliphatic carbocycles. The van der Waals surface area contributed by atoms with Crippen LogP contribution in [0.15, 0.2) is 4.79 Å². The van der Waals surface area contributed by atoms with E-state index >= 15 is 0 Å². The first-order chi connectivity index (χ1) is 9.32. The highest BCUT2D eigenvalue weighted by Crippen LogP contribution is 2.24. The van der Waals surface area contributed by atoms with E-state index < -0.39 is 17.1 Å². The van der Waals surface area contributed by atoms with Crippen LogP contribution in [0.5, 0.6) is 5.75 Å². The minimum Gasteiger partial charge on any atom is -0.501 e. The Morgan fingerprint density at radius 1 is 1.45 bits per heavy atom. The summed E-state index contributed by atoms with van der Waals surface area (Å²) in [5, 5.41) is 9.82. The minimum atomic E-state index is -0.547. The fourth-order valence-corrected chi connectivity index (χ4v) is 2.45. The average Bonchev–Trinajstić information content (AvgIpc) is 2.36. The van der Waals surface area contributed by atoms with E-state index in [0.29, 0.717) is 25.5 Å². The smallest absolute Gasteiger partial charge is 0.296 e. The first kappa shape index (κ1) is 14.7. The normalized spacial score (nSPS) is 19.1. The number of aromatic hydroxyl groups is 1. The van der Waals surface area contributed by atoms with Gasteiger partial charge in [0.2, 0.25) is 5.75 Å². The van der Waals surface area contributed by atoms with Gasteiger partial charge in [-0.3, -0.25) is 19.1 Å². The number of aromatic nitrogens is 2. The molecule has 1 aliphatic heterocycles. The third kappa shape index (κ3) is 2.46. The SMILES string of the molecule is CC(=O)c1nc2n(c(=O)c1O)CCN(C)C2CN(C)C. The Balaban J connectivity index is 2.61. The summed E-state index contributed by atoms with van der Waals surface area (Å²) in [6.45, 7) is 3.15. The quantitative estimate of drug-likeness (QED) is 0.766. The molecule has 0 amide bonds. The molecular weight excluding hydrogens is 260 g/mol. The lowest BCUT2D eigenvalue weighted by atomic mass is 10.1. The average molecular weight is 280 g/mol. The Morgan fingerprint density at radius 3 is 2.65 bits per heavy atom. The van der Waals surface area contributed by atoms with E-state index in [4.69, 9.17) is 0 Å². The first-order valence-electron chi connectivity index (χ1n) is 6.52. The molecule has 0 saturated heterocycles. The third-order valence-electron chi connectivity index (χ3n) is 3.55. The molecule has 0 spiro atoms. The fraction of sp³-hybridized carbons (Fsp3) is 0.615. The van der Waals surface area contributed by atoms with E-state index in [1.165, 1.54) is 11.5 Å². The van der Waals surface area contributed by atoms with Crippen LogP contribution in [0.4, 0.5) is 0 Å². The van der Waals surface area contributed by atoms with Crippen LogP contribution < -0.4 is 5.56 Å². The summed E-state index contributed by atoms with van der Waals surface area (Å²) >= 11 is 0. The number of hydrogen-bond acceptors (Lipinski definition) is 6. The van der Waals surface area contributed by atoms with Crippen molar-refractivity contribution in [3.8, 4) is 5.75 Å². The highest BCUT2D eigenvalue weighted by Gasteiger charge is 2.30. The number of nitrogens with zero attached hydrogens (tertiary/aromatic N) is 4. The summed E-state index contributed by atoms with van der Waals surface area (Å²) < 4.78 is 1.47. The van der Waals surface area contributed by atoms with Crippen LogP contribution in [-0.2, 0) is 6.54 Å². The molecule has 1 aliphatic rings. The van der Waals surface area contributed by atoms with Gasteiger partial charge in [-0.15, -0.1) is 0 Å². The van der Waals surface area contributed by atoms with Gasteiger partial charge in [0.15, 0.2) is 11.5 Å². The van der Waals surface area contributed by atoms with Crippen LogP contribution in [-0.4, -0.2) is 64.5 Å². The second-order valence-corrected chi connectivity index (χ2v) is 5.44. The van der Waals surface area contributed by atoms with Gasteiger partial charge in [0.25, 0.3) is 5.56 Å². The van der Waals surface area contributed by atoms with Gasteiger partial charge < -0.3 is 10.0 Å². The summed E-state index contributed by atoms with van der Waals surface area (Å²) in [5.41, 5.74) is -0.669. The number of carbonyl (C=O) groups is 1. The number of ketones is 1. The van der Waals surface area contributed by atoms with Crippen molar-refractivity contribution in [3.05, 3.63) is 21.9 Å². The van der Waals surface area contributed by atoms with Crippen molar-refractivity contribution < 1.29 is 9.90 Å².